The Kier molecular flexibility index (Phi) is 32.0. The van der Waals surface area contributed by atoms with E-state index in [9.17, 15) is 38.7 Å². The van der Waals surface area contributed by atoms with Crippen LogP contribution in [0, 0.1) is 5.92 Å². The van der Waals surface area contributed by atoms with E-state index in [1.54, 1.807) is 38.4 Å². The van der Waals surface area contributed by atoms with Crippen LogP contribution in [0.15, 0.2) is 116 Å². The number of primary amides is 1. The molecule has 24 heteroatoms. The van der Waals surface area contributed by atoms with Crippen LogP contribution in [-0.2, 0) is 68.8 Å². The molecule has 0 aliphatic carbocycles. The third kappa shape index (κ3) is 24.7. The molecule has 6 rings (SSSR count). The summed E-state index contributed by atoms with van der Waals surface area (Å²) < 4.78 is 0. The van der Waals surface area contributed by atoms with Crippen molar-refractivity contribution in [3.63, 3.8) is 0 Å². The Labute approximate surface area is 568 Å². The second-order valence-corrected chi connectivity index (χ2v) is 25.5. The van der Waals surface area contributed by atoms with Gasteiger partial charge in [-0.25, -0.2) is 0 Å². The number of phenols is 1. The van der Waals surface area contributed by atoms with Crippen molar-refractivity contribution >= 4 is 100 Å². The third-order valence-corrected chi connectivity index (χ3v) is 17.6. The minimum absolute atomic E-state index is 0.0488. The predicted octanol–water partition coefficient (Wildman–Crippen LogP) is 6.33. The van der Waals surface area contributed by atoms with Crippen LogP contribution in [0.3, 0.4) is 0 Å². The zero-order valence-electron chi connectivity index (χ0n) is 54.9. The van der Waals surface area contributed by atoms with E-state index in [2.05, 4.69) is 84.7 Å². The molecule has 0 bridgehead atoms. The first-order valence-corrected chi connectivity index (χ1v) is 34.6. The number of nitrogens with one attached hydrogen (secondary N) is 10. The smallest absolute Gasteiger partial charge is 0.244 e. The maximum atomic E-state index is 15.0. The summed E-state index contributed by atoms with van der Waals surface area (Å²) in [5.74, 6) is -7.45. The number of thiol groups is 2. The number of carbonyl (C=O) groups excluding carboxylic acids is 9. The fraction of sp³-hybridized carbons (Fsp3) is 0.479. The Balaban J connectivity index is 1.18. The van der Waals surface area contributed by atoms with Gasteiger partial charge >= 0.3 is 0 Å². The van der Waals surface area contributed by atoms with E-state index in [4.69, 9.17) is 11.5 Å². The number of fused-ring (bicyclic) bond motifs is 2. The molecule has 8 atom stereocenters. The highest BCUT2D eigenvalue weighted by molar-refractivity contribution is 7.80. The number of carbonyl (C=O) groups is 9. The zero-order valence-corrected chi connectivity index (χ0v) is 56.7. The number of nitrogens with two attached hydrogens (primary N) is 2. The summed E-state index contributed by atoms with van der Waals surface area (Å²) in [5.41, 5.74) is 15.9. The minimum atomic E-state index is -1.42. The second kappa shape index (κ2) is 40.1. The molecule has 0 saturated heterocycles. The Morgan fingerprint density at radius 1 is 0.442 bits per heavy atom. The van der Waals surface area contributed by atoms with Crippen molar-refractivity contribution in [2.45, 2.75) is 191 Å². The van der Waals surface area contributed by atoms with Crippen LogP contribution in [-0.4, -0.2) is 135 Å². The fourth-order valence-electron chi connectivity index (χ4n) is 11.4. The lowest BCUT2D eigenvalue weighted by atomic mass is 10.00. The number of aromatic amines is 2. The Morgan fingerprint density at radius 3 is 1.36 bits per heavy atom. The molecule has 0 spiro atoms. The molecule has 15 N–H and O–H groups in total. The van der Waals surface area contributed by atoms with Crippen molar-refractivity contribution in [2.75, 3.05) is 18.1 Å². The van der Waals surface area contributed by atoms with E-state index in [1.807, 2.05) is 78.9 Å². The number of hydrogen-bond acceptors (Lipinski definition) is 13. The van der Waals surface area contributed by atoms with Crippen LogP contribution in [0.4, 0.5) is 0 Å². The van der Waals surface area contributed by atoms with Crippen LogP contribution in [0.1, 0.15) is 139 Å². The molecule has 6 aromatic rings. The van der Waals surface area contributed by atoms with Crippen LogP contribution in [0.2, 0.25) is 0 Å². The van der Waals surface area contributed by atoms with Crippen molar-refractivity contribution in [3.8, 4) is 5.75 Å². The summed E-state index contributed by atoms with van der Waals surface area (Å²) in [6, 6.07) is 19.7. The van der Waals surface area contributed by atoms with Gasteiger partial charge in [-0.05, 0) is 84.7 Å². The van der Waals surface area contributed by atoms with E-state index in [1.165, 1.54) is 50.7 Å². The van der Waals surface area contributed by atoms with E-state index in [-0.39, 0.29) is 68.2 Å². The molecule has 2 aromatic heterocycles. The number of hydrogen-bond donors (Lipinski definition) is 15. The van der Waals surface area contributed by atoms with Gasteiger partial charge in [0.2, 0.25) is 53.2 Å². The zero-order chi connectivity index (χ0) is 68.7. The summed E-state index contributed by atoms with van der Waals surface area (Å²) in [4.78, 5) is 134. The normalized spacial score (nSPS) is 13.9. The SMILES string of the molecule is CCCCCCCCCCCCCC(=O)N[C@H](Cc1ccccc1)C(=O)N[C@@H](CS)C(=O)N[C@@H](Cc1ccc(O)cc1)C(=O)N[C@@H](Cc1c[nH]c2ccccc12)C(=O)N[C@@H](CCCCN)C(=O)N[C@H](C(=O)N[C@@H](CS)C(=O)N[C@H](Cc1c[nH]c2ccccc12)C(N)=O)C(C)C. The van der Waals surface area contributed by atoms with Gasteiger partial charge in [-0.15, -0.1) is 0 Å². The predicted molar refractivity (Wildman–Crippen MR) is 377 cm³/mol. The molecule has 0 aliphatic heterocycles. The number of H-pyrrole nitrogens is 2. The molecule has 9 amide bonds. The Bertz CT molecular complexity index is 3440. The molecule has 0 saturated carbocycles. The molecule has 0 aliphatic rings. The lowest BCUT2D eigenvalue weighted by Gasteiger charge is -2.29. The number of aromatic nitrogens is 2. The molecule has 22 nitrogen and oxygen atoms in total. The molecular weight excluding hydrogens is 1240 g/mol. The fourth-order valence-corrected chi connectivity index (χ4v) is 11.9. The number of benzene rings is 4. The number of phenolic OH excluding ortho intramolecular Hbond substituents is 1. The first-order chi connectivity index (χ1) is 45.8. The first kappa shape index (κ1) is 75.7. The van der Waals surface area contributed by atoms with Gasteiger partial charge in [-0.1, -0.05) is 164 Å². The van der Waals surface area contributed by atoms with Crippen LogP contribution in [0.5, 0.6) is 5.75 Å². The molecule has 0 radical (unpaired) electrons. The maximum Gasteiger partial charge on any atom is 0.244 e. The van der Waals surface area contributed by atoms with Crippen molar-refractivity contribution in [1.29, 1.82) is 0 Å². The monoisotopic (exact) mass is 1340 g/mol. The van der Waals surface area contributed by atoms with Crippen molar-refractivity contribution in [1.82, 2.24) is 52.5 Å². The average molecular weight is 1340 g/mol. The molecule has 0 unspecified atom stereocenters. The maximum absolute atomic E-state index is 15.0. The minimum Gasteiger partial charge on any atom is -0.508 e. The van der Waals surface area contributed by atoms with Crippen molar-refractivity contribution < 1.29 is 48.3 Å². The number of para-hydroxylation sites is 2. The number of amides is 9. The van der Waals surface area contributed by atoms with Crippen molar-refractivity contribution in [2.24, 2.45) is 17.4 Å². The van der Waals surface area contributed by atoms with Gasteiger partial charge in [0.25, 0.3) is 0 Å². The van der Waals surface area contributed by atoms with Crippen LogP contribution >= 0.6 is 25.3 Å². The standard InChI is InChI=1S/C71H98N12O10S2/c1-4-5-6-7-8-9-10-11-12-13-17-31-62(85)76-57(37-46-24-15-14-16-25-46)66(88)81-60(43-94)70(92)79-58(38-47-32-34-50(84)35-33-47)67(89)80-59(40-49-42-75-54-29-21-19-27-52(49)54)68(90)77-55(30-22-23-36-72)65(87)83-63(45(2)3)71(93)82-61(44-95)69(91)78-56(64(73)86)39-48-41-74-53-28-20-18-26-51(48)53/h14-16,18-21,24-29,32-35,41-42,45,55-61,63,74-75,84,94-95H,4-13,17,22-23,30-31,36-40,43-44,72H2,1-3H3,(H2,73,86)(H,76,85)(H,77,90)(H,78,91)(H,79,92)(H,80,89)(H,81,88)(H,82,93)(H,83,87)/t55-,56+,57+,58-,59-,60-,61-,63-/m0/s1. The largest absolute Gasteiger partial charge is 0.508 e. The van der Waals surface area contributed by atoms with Gasteiger partial charge < -0.3 is 69.1 Å². The lowest BCUT2D eigenvalue weighted by molar-refractivity contribution is -0.136. The highest BCUT2D eigenvalue weighted by atomic mass is 32.1. The summed E-state index contributed by atoms with van der Waals surface area (Å²) in [6.07, 6.45) is 16.7. The Hall–Kier alpha value is -8.35. The van der Waals surface area contributed by atoms with E-state index in [0.29, 0.717) is 30.4 Å². The summed E-state index contributed by atoms with van der Waals surface area (Å²) in [6.45, 7) is 5.84. The van der Waals surface area contributed by atoms with Crippen LogP contribution in [0.25, 0.3) is 21.8 Å². The number of aromatic hydroxyl groups is 1. The van der Waals surface area contributed by atoms with Gasteiger partial charge in [0.05, 0.1) is 0 Å². The first-order valence-electron chi connectivity index (χ1n) is 33.4. The number of unbranched alkanes of at least 4 members (excludes halogenated alkanes) is 11. The Morgan fingerprint density at radius 2 is 0.853 bits per heavy atom. The summed E-state index contributed by atoms with van der Waals surface area (Å²) in [7, 11) is 0. The van der Waals surface area contributed by atoms with Gasteiger partial charge in [0, 0.05) is 77.8 Å². The highest BCUT2D eigenvalue weighted by Crippen LogP contribution is 2.22. The molecule has 2 heterocycles. The number of rotatable bonds is 43. The molecule has 95 heavy (non-hydrogen) atoms. The average Bonchev–Trinajstić information content (AvgIpc) is 1.68. The second-order valence-electron chi connectivity index (χ2n) is 24.7. The molecular formula is C71H98N12O10S2. The third-order valence-electron chi connectivity index (χ3n) is 16.9. The lowest BCUT2D eigenvalue weighted by Crippen LogP contribution is -2.61. The van der Waals surface area contributed by atoms with E-state index < -0.39 is 102 Å². The van der Waals surface area contributed by atoms with Gasteiger partial charge in [0.15, 0.2) is 0 Å². The van der Waals surface area contributed by atoms with Gasteiger partial charge in [-0.3, -0.25) is 43.2 Å². The van der Waals surface area contributed by atoms with Crippen molar-refractivity contribution in [3.05, 3.63) is 138 Å². The molecule has 0 fully saturated rings. The summed E-state index contributed by atoms with van der Waals surface area (Å²) >= 11 is 8.81. The van der Waals surface area contributed by atoms with Gasteiger partial charge in [-0.2, -0.15) is 25.3 Å². The summed E-state index contributed by atoms with van der Waals surface area (Å²) in [5, 5.41) is 34.0. The van der Waals surface area contributed by atoms with E-state index in [0.717, 1.165) is 58.6 Å². The molecule has 514 valence electrons. The topological polar surface area (TPSA) is 354 Å². The van der Waals surface area contributed by atoms with Crippen LogP contribution < -0.4 is 54.0 Å². The quantitative estimate of drug-likeness (QED) is 0.0148. The van der Waals surface area contributed by atoms with Gasteiger partial charge in [0.1, 0.15) is 54.1 Å². The highest BCUT2D eigenvalue weighted by Gasteiger charge is 2.36. The molecule has 4 aromatic carbocycles. The van der Waals surface area contributed by atoms with E-state index >= 15 is 9.59 Å².